The number of hydrogen-bond acceptors (Lipinski definition) is 5. The molecule has 0 saturated carbocycles. The number of esters is 1. The molecule has 0 aromatic heterocycles. The first-order valence-electron chi connectivity index (χ1n) is 32.4. The van der Waals surface area contributed by atoms with E-state index in [-0.39, 0.29) is 18.5 Å². The molecule has 0 radical (unpaired) electrons. The molecule has 0 bridgehead atoms. The Labute approximate surface area is 444 Å². The number of rotatable bonds is 61. The van der Waals surface area contributed by atoms with E-state index in [2.05, 4.69) is 31.3 Å². The predicted octanol–water partition coefficient (Wildman–Crippen LogP) is 20.4. The molecule has 2 unspecified atom stereocenters. The van der Waals surface area contributed by atoms with Crippen molar-refractivity contribution >= 4 is 11.9 Å². The van der Waals surface area contributed by atoms with Gasteiger partial charge in [-0.15, -0.1) is 0 Å². The van der Waals surface area contributed by atoms with Crippen LogP contribution in [0.3, 0.4) is 0 Å². The summed E-state index contributed by atoms with van der Waals surface area (Å²) < 4.78 is 5.50. The molecule has 422 valence electrons. The number of aliphatic hydroxyl groups excluding tert-OH is 2. The summed E-state index contributed by atoms with van der Waals surface area (Å²) in [5, 5.41) is 23.1. The quantitative estimate of drug-likeness (QED) is 0.0320. The van der Waals surface area contributed by atoms with Gasteiger partial charge in [0.05, 0.1) is 25.4 Å². The van der Waals surface area contributed by atoms with Crippen LogP contribution in [0, 0.1) is 0 Å². The average Bonchev–Trinajstić information content (AvgIpc) is 3.37. The Bertz CT molecular complexity index is 1060. The third-order valence-corrected chi connectivity index (χ3v) is 15.3. The summed E-state index contributed by atoms with van der Waals surface area (Å²) in [7, 11) is 0. The van der Waals surface area contributed by atoms with Crippen LogP contribution in [0.1, 0.15) is 367 Å². The molecule has 0 rings (SSSR count). The van der Waals surface area contributed by atoms with E-state index in [0.29, 0.717) is 25.9 Å². The lowest BCUT2D eigenvalue weighted by Gasteiger charge is -2.22. The van der Waals surface area contributed by atoms with Crippen LogP contribution < -0.4 is 5.32 Å². The third-order valence-electron chi connectivity index (χ3n) is 15.3. The normalized spacial score (nSPS) is 12.6. The number of unbranched alkanes of at least 4 members (excludes halogenated alkanes) is 48. The summed E-state index contributed by atoms with van der Waals surface area (Å²) in [6.45, 7) is 4.96. The second-order valence-electron chi connectivity index (χ2n) is 22.5. The molecule has 71 heavy (non-hydrogen) atoms. The summed E-state index contributed by atoms with van der Waals surface area (Å²) in [5.41, 5.74) is 0. The summed E-state index contributed by atoms with van der Waals surface area (Å²) >= 11 is 0. The molecule has 6 nitrogen and oxygen atoms in total. The van der Waals surface area contributed by atoms with Crippen molar-refractivity contribution in [3.05, 3.63) is 12.2 Å². The first-order chi connectivity index (χ1) is 35.0. The van der Waals surface area contributed by atoms with Gasteiger partial charge in [-0.3, -0.25) is 9.59 Å². The second kappa shape index (κ2) is 61.1. The van der Waals surface area contributed by atoms with Crippen LogP contribution in [-0.4, -0.2) is 47.4 Å². The minimum Gasteiger partial charge on any atom is -0.466 e. The maximum atomic E-state index is 12.4. The number of carbonyl (C=O) groups is 2. The molecule has 0 aliphatic carbocycles. The van der Waals surface area contributed by atoms with Crippen molar-refractivity contribution in [1.29, 1.82) is 0 Å². The molecular formula is C65H127NO5. The number of nitrogens with one attached hydrogen (secondary N) is 1. The number of amides is 1. The molecule has 0 fully saturated rings. The Morgan fingerprint density at radius 1 is 0.380 bits per heavy atom. The van der Waals surface area contributed by atoms with Crippen molar-refractivity contribution in [3.8, 4) is 0 Å². The van der Waals surface area contributed by atoms with Crippen LogP contribution in [0.5, 0.6) is 0 Å². The fourth-order valence-corrected chi connectivity index (χ4v) is 10.3. The van der Waals surface area contributed by atoms with E-state index in [9.17, 15) is 19.8 Å². The van der Waals surface area contributed by atoms with E-state index < -0.39 is 12.1 Å². The van der Waals surface area contributed by atoms with Gasteiger partial charge in [-0.1, -0.05) is 315 Å². The number of carbonyl (C=O) groups excluding carboxylic acids is 2. The zero-order chi connectivity index (χ0) is 51.4. The molecule has 1 amide bonds. The largest absolute Gasteiger partial charge is 0.466 e. The fraction of sp³-hybridized carbons (Fsp3) is 0.938. The van der Waals surface area contributed by atoms with Crippen LogP contribution in [0.15, 0.2) is 12.2 Å². The smallest absolute Gasteiger partial charge is 0.305 e. The van der Waals surface area contributed by atoms with Gasteiger partial charge in [0, 0.05) is 12.8 Å². The SMILES string of the molecule is CCCCCCCCCCCCCCCCCCCC(=O)OCCCCCCCCCCCCCC/C=C\CCCCCCCCCCCCCCC(=O)NC(CO)C(O)CCCCCCCCCCC. The number of allylic oxidation sites excluding steroid dienone is 2. The van der Waals surface area contributed by atoms with Crippen LogP contribution in [0.2, 0.25) is 0 Å². The molecule has 0 aliphatic heterocycles. The highest BCUT2D eigenvalue weighted by Crippen LogP contribution is 2.18. The van der Waals surface area contributed by atoms with Gasteiger partial charge in [0.25, 0.3) is 0 Å². The molecule has 0 aromatic rings. The molecule has 0 aliphatic rings. The van der Waals surface area contributed by atoms with Gasteiger partial charge in [0.2, 0.25) is 5.91 Å². The van der Waals surface area contributed by atoms with Gasteiger partial charge >= 0.3 is 5.97 Å². The van der Waals surface area contributed by atoms with Gasteiger partial charge in [-0.05, 0) is 51.4 Å². The zero-order valence-corrected chi connectivity index (χ0v) is 48.2. The van der Waals surface area contributed by atoms with Crippen molar-refractivity contribution in [3.63, 3.8) is 0 Å². The van der Waals surface area contributed by atoms with E-state index in [4.69, 9.17) is 4.74 Å². The highest BCUT2D eigenvalue weighted by atomic mass is 16.5. The van der Waals surface area contributed by atoms with E-state index in [1.165, 1.54) is 295 Å². The topological polar surface area (TPSA) is 95.9 Å². The van der Waals surface area contributed by atoms with E-state index in [0.717, 1.165) is 38.5 Å². The first kappa shape index (κ1) is 69.6. The lowest BCUT2D eigenvalue weighted by Crippen LogP contribution is -2.45. The molecule has 3 N–H and O–H groups in total. The Kier molecular flexibility index (Phi) is 59.9. The Morgan fingerprint density at radius 3 is 1.00 bits per heavy atom. The van der Waals surface area contributed by atoms with Crippen LogP contribution in [-0.2, 0) is 14.3 Å². The first-order valence-corrected chi connectivity index (χ1v) is 32.4. The number of hydrogen-bond donors (Lipinski definition) is 3. The van der Waals surface area contributed by atoms with Gasteiger partial charge in [0.15, 0.2) is 0 Å². The molecule has 6 heteroatoms. The number of aliphatic hydroxyl groups is 2. The summed E-state index contributed by atoms with van der Waals surface area (Å²) in [5.74, 6) is -0.0154. The fourth-order valence-electron chi connectivity index (χ4n) is 10.3. The predicted molar refractivity (Wildman–Crippen MR) is 310 cm³/mol. The van der Waals surface area contributed by atoms with Crippen molar-refractivity contribution < 1.29 is 24.5 Å². The molecule has 2 atom stereocenters. The van der Waals surface area contributed by atoms with Gasteiger partial charge in [-0.25, -0.2) is 0 Å². The lowest BCUT2D eigenvalue weighted by atomic mass is 10.0. The van der Waals surface area contributed by atoms with Gasteiger partial charge < -0.3 is 20.3 Å². The summed E-state index contributed by atoms with van der Waals surface area (Å²) in [4.78, 5) is 24.5. The zero-order valence-electron chi connectivity index (χ0n) is 48.2. The van der Waals surface area contributed by atoms with Crippen molar-refractivity contribution in [2.75, 3.05) is 13.2 Å². The van der Waals surface area contributed by atoms with Crippen LogP contribution in [0.25, 0.3) is 0 Å². The standard InChI is InChI=1S/C65H127NO5/c1-3-5-7-9-11-13-14-15-16-29-33-36-39-43-47-51-55-59-65(70)71-60-56-52-48-44-40-37-34-31-28-26-24-22-20-18-17-19-21-23-25-27-30-32-35-38-42-46-50-54-58-64(69)66-62(61-67)63(68)57-53-49-45-41-12-10-8-6-4-2/h17-18,62-63,67-68H,3-16,19-61H2,1-2H3,(H,66,69)/b18-17-. The Morgan fingerprint density at radius 2 is 0.662 bits per heavy atom. The maximum absolute atomic E-state index is 12.4. The van der Waals surface area contributed by atoms with Crippen molar-refractivity contribution in [1.82, 2.24) is 5.32 Å². The highest BCUT2D eigenvalue weighted by molar-refractivity contribution is 5.76. The van der Waals surface area contributed by atoms with Gasteiger partial charge in [0.1, 0.15) is 0 Å². The van der Waals surface area contributed by atoms with E-state index in [1.807, 2.05) is 0 Å². The highest BCUT2D eigenvalue weighted by Gasteiger charge is 2.20. The Hall–Kier alpha value is -1.40. The third kappa shape index (κ3) is 57.7. The van der Waals surface area contributed by atoms with Crippen LogP contribution in [0.4, 0.5) is 0 Å². The number of ether oxygens (including phenoxy) is 1. The lowest BCUT2D eigenvalue weighted by molar-refractivity contribution is -0.143. The van der Waals surface area contributed by atoms with Crippen LogP contribution >= 0.6 is 0 Å². The Balaban J connectivity index is 3.32. The van der Waals surface area contributed by atoms with E-state index >= 15 is 0 Å². The van der Waals surface area contributed by atoms with Gasteiger partial charge in [-0.2, -0.15) is 0 Å². The molecule has 0 aromatic carbocycles. The minimum absolute atomic E-state index is 0.0204. The summed E-state index contributed by atoms with van der Waals surface area (Å²) in [6.07, 6.45) is 74.0. The van der Waals surface area contributed by atoms with E-state index in [1.54, 1.807) is 0 Å². The molecule has 0 saturated heterocycles. The molecular weight excluding hydrogens is 875 g/mol. The second-order valence-corrected chi connectivity index (χ2v) is 22.5. The van der Waals surface area contributed by atoms with Crippen molar-refractivity contribution in [2.45, 2.75) is 379 Å². The van der Waals surface area contributed by atoms with Crippen molar-refractivity contribution in [2.24, 2.45) is 0 Å². The monoisotopic (exact) mass is 1000 g/mol. The summed E-state index contributed by atoms with van der Waals surface area (Å²) in [6, 6.07) is -0.538. The average molecular weight is 1000 g/mol. The molecule has 0 spiro atoms. The molecule has 0 heterocycles. The maximum Gasteiger partial charge on any atom is 0.305 e. The minimum atomic E-state index is -0.661.